The number of carbonyl (C=O) groups is 2. The second kappa shape index (κ2) is 7.09. The highest BCUT2D eigenvalue weighted by Gasteiger charge is 2.42. The molecule has 148 valence electrons. The first-order valence-electron chi connectivity index (χ1n) is 9.25. The van der Waals surface area contributed by atoms with Crippen LogP contribution in [-0.4, -0.2) is 60.5 Å². The van der Waals surface area contributed by atoms with Crippen molar-refractivity contribution < 1.29 is 27.9 Å². The summed E-state index contributed by atoms with van der Waals surface area (Å²) >= 11 is 0. The van der Waals surface area contributed by atoms with Gasteiger partial charge in [0.15, 0.2) is 16.4 Å². The fourth-order valence-electron chi connectivity index (χ4n) is 3.75. The molecule has 0 aromatic heterocycles. The molecule has 0 radical (unpaired) electrons. The standard InChI is InChI=1S/C20H21NO6S/c22-18(21(14-6-7-14)15-9-10-28(25,26)12-15)11-27-20(24)17-8-5-13-3-1-2-4-16(13)19(17)23/h1-5,8,14-15,23H,6-7,9-12H2/t15-/m1/s1. The predicted octanol–water partition coefficient (Wildman–Crippen LogP) is 1.88. The first-order valence-corrected chi connectivity index (χ1v) is 11.1. The van der Waals surface area contributed by atoms with Crippen molar-refractivity contribution in [3.63, 3.8) is 0 Å². The third-order valence-electron chi connectivity index (χ3n) is 5.28. The number of phenolic OH excluding ortho intramolecular Hbond substituents is 1. The smallest absolute Gasteiger partial charge is 0.342 e. The van der Waals surface area contributed by atoms with Crippen molar-refractivity contribution in [2.75, 3.05) is 18.1 Å². The minimum atomic E-state index is -3.12. The SMILES string of the molecule is O=C(OCC(=O)N(C1CC1)[C@@H]1CCS(=O)(=O)C1)c1ccc2ccccc2c1O. The Kier molecular flexibility index (Phi) is 4.74. The summed E-state index contributed by atoms with van der Waals surface area (Å²) in [6.07, 6.45) is 2.09. The summed E-state index contributed by atoms with van der Waals surface area (Å²) in [5.74, 6) is -1.31. The molecule has 2 fully saturated rings. The van der Waals surface area contributed by atoms with E-state index in [1.807, 2.05) is 12.1 Å². The highest BCUT2D eigenvalue weighted by atomic mass is 32.2. The first kappa shape index (κ1) is 18.7. The Labute approximate surface area is 162 Å². The van der Waals surface area contributed by atoms with Crippen LogP contribution in [0.25, 0.3) is 10.8 Å². The maximum absolute atomic E-state index is 12.6. The van der Waals surface area contributed by atoms with Gasteiger partial charge in [0.2, 0.25) is 0 Å². The zero-order valence-corrected chi connectivity index (χ0v) is 16.0. The van der Waals surface area contributed by atoms with Crippen LogP contribution >= 0.6 is 0 Å². The number of ether oxygens (including phenoxy) is 1. The number of fused-ring (bicyclic) bond motifs is 1. The maximum Gasteiger partial charge on any atom is 0.342 e. The summed E-state index contributed by atoms with van der Waals surface area (Å²) in [4.78, 5) is 26.6. The van der Waals surface area contributed by atoms with Gasteiger partial charge < -0.3 is 14.7 Å². The zero-order chi connectivity index (χ0) is 19.9. The quantitative estimate of drug-likeness (QED) is 0.765. The summed E-state index contributed by atoms with van der Waals surface area (Å²) in [6.45, 7) is -0.474. The Bertz CT molecular complexity index is 1040. The van der Waals surface area contributed by atoms with E-state index >= 15 is 0 Å². The van der Waals surface area contributed by atoms with Crippen LogP contribution in [0.15, 0.2) is 36.4 Å². The van der Waals surface area contributed by atoms with E-state index in [4.69, 9.17) is 4.74 Å². The largest absolute Gasteiger partial charge is 0.506 e. The second-order valence-corrected chi connectivity index (χ2v) is 9.58. The Morgan fingerprint density at radius 3 is 2.50 bits per heavy atom. The Balaban J connectivity index is 1.45. The van der Waals surface area contributed by atoms with Crippen LogP contribution in [0.4, 0.5) is 0 Å². The Morgan fingerprint density at radius 2 is 1.82 bits per heavy atom. The van der Waals surface area contributed by atoms with Crippen molar-refractivity contribution in [1.82, 2.24) is 4.90 Å². The fraction of sp³-hybridized carbons (Fsp3) is 0.400. The van der Waals surface area contributed by atoms with Gasteiger partial charge >= 0.3 is 5.97 Å². The van der Waals surface area contributed by atoms with Gasteiger partial charge in [-0.05, 0) is 30.7 Å². The van der Waals surface area contributed by atoms with E-state index < -0.39 is 28.3 Å². The molecule has 1 amide bonds. The molecule has 1 saturated carbocycles. The summed E-state index contributed by atoms with van der Waals surface area (Å²) in [6, 6.07) is 9.94. The van der Waals surface area contributed by atoms with E-state index in [0.29, 0.717) is 11.8 Å². The van der Waals surface area contributed by atoms with Crippen LogP contribution in [0.3, 0.4) is 0 Å². The maximum atomic E-state index is 12.6. The molecule has 0 bridgehead atoms. The number of esters is 1. The molecule has 0 unspecified atom stereocenters. The summed E-state index contributed by atoms with van der Waals surface area (Å²) in [5.41, 5.74) is -0.00656. The second-order valence-electron chi connectivity index (χ2n) is 7.35. The fourth-order valence-corrected chi connectivity index (χ4v) is 5.46. The van der Waals surface area contributed by atoms with Crippen LogP contribution in [0.1, 0.15) is 29.6 Å². The molecule has 28 heavy (non-hydrogen) atoms. The third kappa shape index (κ3) is 3.69. The van der Waals surface area contributed by atoms with E-state index in [-0.39, 0.29) is 34.9 Å². The van der Waals surface area contributed by atoms with Gasteiger partial charge in [0.05, 0.1) is 11.5 Å². The Morgan fingerprint density at radius 1 is 1.07 bits per heavy atom. The number of carbonyl (C=O) groups excluding carboxylic acids is 2. The molecular formula is C20H21NO6S. The van der Waals surface area contributed by atoms with Crippen LogP contribution in [0, 0.1) is 0 Å². The molecule has 1 aliphatic carbocycles. The average molecular weight is 403 g/mol. The van der Waals surface area contributed by atoms with Gasteiger partial charge in [0.1, 0.15) is 11.3 Å². The van der Waals surface area contributed by atoms with Crippen LogP contribution < -0.4 is 0 Å². The van der Waals surface area contributed by atoms with Gasteiger partial charge in [0.25, 0.3) is 5.91 Å². The van der Waals surface area contributed by atoms with Crippen molar-refractivity contribution >= 4 is 32.5 Å². The lowest BCUT2D eigenvalue weighted by molar-refractivity contribution is -0.137. The van der Waals surface area contributed by atoms with Gasteiger partial charge in [-0.3, -0.25) is 4.79 Å². The lowest BCUT2D eigenvalue weighted by atomic mass is 10.1. The number of hydrogen-bond acceptors (Lipinski definition) is 6. The van der Waals surface area contributed by atoms with Gasteiger partial charge in [0, 0.05) is 17.5 Å². The number of sulfone groups is 1. The van der Waals surface area contributed by atoms with Gasteiger partial charge in [-0.25, -0.2) is 13.2 Å². The number of aromatic hydroxyl groups is 1. The third-order valence-corrected chi connectivity index (χ3v) is 7.03. The first-order chi connectivity index (χ1) is 13.4. The molecule has 4 rings (SSSR count). The molecule has 7 nitrogen and oxygen atoms in total. The zero-order valence-electron chi connectivity index (χ0n) is 15.2. The lowest BCUT2D eigenvalue weighted by Crippen LogP contribution is -2.44. The van der Waals surface area contributed by atoms with Crippen molar-refractivity contribution in [3.05, 3.63) is 42.0 Å². The van der Waals surface area contributed by atoms with Crippen molar-refractivity contribution in [2.24, 2.45) is 0 Å². The number of rotatable bonds is 5. The molecule has 2 aromatic carbocycles. The van der Waals surface area contributed by atoms with E-state index in [0.717, 1.165) is 18.2 Å². The number of amides is 1. The van der Waals surface area contributed by atoms with E-state index in [9.17, 15) is 23.1 Å². The minimum Gasteiger partial charge on any atom is -0.506 e. The monoisotopic (exact) mass is 403 g/mol. The molecule has 0 spiro atoms. The number of benzene rings is 2. The topological polar surface area (TPSA) is 101 Å². The molecule has 1 saturated heterocycles. The number of nitrogens with zero attached hydrogens (tertiary/aromatic N) is 1. The average Bonchev–Trinajstić information content (AvgIpc) is 3.43. The van der Waals surface area contributed by atoms with Crippen LogP contribution in [0.2, 0.25) is 0 Å². The number of hydrogen-bond donors (Lipinski definition) is 1. The van der Waals surface area contributed by atoms with Crippen LogP contribution in [-0.2, 0) is 19.4 Å². The Hall–Kier alpha value is -2.61. The highest BCUT2D eigenvalue weighted by molar-refractivity contribution is 7.91. The molecule has 1 N–H and O–H groups in total. The molecule has 1 atom stereocenters. The normalized spacial score (nSPS) is 20.8. The van der Waals surface area contributed by atoms with Crippen molar-refractivity contribution in [1.29, 1.82) is 0 Å². The van der Waals surface area contributed by atoms with Gasteiger partial charge in [-0.2, -0.15) is 0 Å². The lowest BCUT2D eigenvalue weighted by Gasteiger charge is -2.28. The molecule has 1 heterocycles. The summed E-state index contributed by atoms with van der Waals surface area (Å²) in [5, 5.41) is 11.7. The highest BCUT2D eigenvalue weighted by Crippen LogP contribution is 2.33. The molecule has 1 aliphatic heterocycles. The molecular weight excluding hydrogens is 382 g/mol. The van der Waals surface area contributed by atoms with E-state index in [2.05, 4.69) is 0 Å². The van der Waals surface area contributed by atoms with Crippen LogP contribution in [0.5, 0.6) is 5.75 Å². The molecule has 8 heteroatoms. The summed E-state index contributed by atoms with van der Waals surface area (Å²) < 4.78 is 28.7. The van der Waals surface area contributed by atoms with Gasteiger partial charge in [-0.15, -0.1) is 0 Å². The van der Waals surface area contributed by atoms with E-state index in [1.54, 1.807) is 23.1 Å². The minimum absolute atomic E-state index is 0.00656. The van der Waals surface area contributed by atoms with Crippen molar-refractivity contribution in [3.8, 4) is 5.75 Å². The summed E-state index contributed by atoms with van der Waals surface area (Å²) in [7, 11) is -3.12. The number of phenols is 1. The van der Waals surface area contributed by atoms with Crippen molar-refractivity contribution in [2.45, 2.75) is 31.3 Å². The van der Waals surface area contributed by atoms with Gasteiger partial charge in [-0.1, -0.05) is 30.3 Å². The molecule has 2 aliphatic rings. The molecule has 2 aromatic rings. The predicted molar refractivity (Wildman–Crippen MR) is 103 cm³/mol. The van der Waals surface area contributed by atoms with E-state index in [1.165, 1.54) is 6.07 Å².